The highest BCUT2D eigenvalue weighted by Gasteiger charge is 2.18. The lowest BCUT2D eigenvalue weighted by atomic mass is 10.2. The number of nitrogens with one attached hydrogen (secondary N) is 1. The molecular formula is C11H12ClF2NO2. The molecule has 6 heteroatoms. The molecule has 0 radical (unpaired) electrons. The van der Waals surface area contributed by atoms with Crippen molar-refractivity contribution in [2.75, 3.05) is 5.32 Å². The Morgan fingerprint density at radius 2 is 1.94 bits per heavy atom. The maximum absolute atomic E-state index is 13.4. The van der Waals surface area contributed by atoms with Crippen molar-refractivity contribution < 1.29 is 18.3 Å². The van der Waals surface area contributed by atoms with Crippen LogP contribution in [-0.2, 0) is 4.74 Å². The third kappa shape index (κ3) is 4.19. The summed E-state index contributed by atoms with van der Waals surface area (Å²) in [5, 5.41) is 1.68. The van der Waals surface area contributed by atoms with E-state index in [-0.39, 0.29) is 5.69 Å². The average molecular weight is 264 g/mol. The van der Waals surface area contributed by atoms with Crippen molar-refractivity contribution in [1.29, 1.82) is 0 Å². The maximum atomic E-state index is 13.4. The highest BCUT2D eigenvalue weighted by molar-refractivity contribution is 6.31. The van der Waals surface area contributed by atoms with Crippen molar-refractivity contribution in [3.8, 4) is 0 Å². The van der Waals surface area contributed by atoms with Crippen LogP contribution in [0.2, 0.25) is 5.02 Å². The standard InChI is InChI=1S/C11H12ClF2NO2/c1-11(2,3)17-10(16)15-8-5-6(13)4-7(12)9(8)14/h4-5H,1-3H3,(H,15,16). The molecule has 94 valence electrons. The number of hydrogen-bond donors (Lipinski definition) is 1. The molecule has 0 saturated carbocycles. The first-order valence-electron chi connectivity index (χ1n) is 4.83. The van der Waals surface area contributed by atoms with Gasteiger partial charge in [-0.1, -0.05) is 11.6 Å². The fraction of sp³-hybridized carbons (Fsp3) is 0.364. The first-order valence-corrected chi connectivity index (χ1v) is 5.21. The molecule has 0 saturated heterocycles. The van der Waals surface area contributed by atoms with Gasteiger partial charge in [0, 0.05) is 6.07 Å². The molecule has 1 aromatic rings. The van der Waals surface area contributed by atoms with Gasteiger partial charge < -0.3 is 4.74 Å². The van der Waals surface area contributed by atoms with Crippen molar-refractivity contribution in [2.45, 2.75) is 26.4 Å². The van der Waals surface area contributed by atoms with Crippen LogP contribution in [0.15, 0.2) is 12.1 Å². The second-order valence-electron chi connectivity index (χ2n) is 4.38. The minimum atomic E-state index is -0.904. The van der Waals surface area contributed by atoms with Crippen LogP contribution >= 0.6 is 11.6 Å². The van der Waals surface area contributed by atoms with Crippen LogP contribution in [0.4, 0.5) is 19.3 Å². The van der Waals surface area contributed by atoms with Crippen LogP contribution in [0.25, 0.3) is 0 Å². The summed E-state index contributed by atoms with van der Waals surface area (Å²) in [4.78, 5) is 11.3. The summed E-state index contributed by atoms with van der Waals surface area (Å²) in [7, 11) is 0. The molecule has 0 unspecified atom stereocenters. The first-order chi connectivity index (χ1) is 7.69. The normalized spacial score (nSPS) is 11.2. The summed E-state index contributed by atoms with van der Waals surface area (Å²) in [5.74, 6) is -1.65. The molecule has 1 rings (SSSR count). The second-order valence-corrected chi connectivity index (χ2v) is 4.78. The van der Waals surface area contributed by atoms with Gasteiger partial charge in [-0.05, 0) is 26.8 Å². The van der Waals surface area contributed by atoms with Gasteiger partial charge in [0.1, 0.15) is 11.4 Å². The monoisotopic (exact) mass is 263 g/mol. The molecule has 0 spiro atoms. The molecule has 0 bridgehead atoms. The lowest BCUT2D eigenvalue weighted by Gasteiger charge is -2.19. The molecule has 0 atom stereocenters. The lowest BCUT2D eigenvalue weighted by molar-refractivity contribution is 0.0635. The Bertz CT molecular complexity index is 444. The van der Waals surface area contributed by atoms with E-state index in [4.69, 9.17) is 16.3 Å². The predicted octanol–water partition coefficient (Wildman–Crippen LogP) is 3.97. The predicted molar refractivity (Wildman–Crippen MR) is 61.2 cm³/mol. The third-order valence-electron chi connectivity index (χ3n) is 1.63. The van der Waals surface area contributed by atoms with Gasteiger partial charge in [-0.25, -0.2) is 13.6 Å². The Morgan fingerprint density at radius 1 is 1.35 bits per heavy atom. The van der Waals surface area contributed by atoms with Gasteiger partial charge in [-0.2, -0.15) is 0 Å². The number of ether oxygens (including phenoxy) is 1. The molecule has 0 aliphatic heterocycles. The summed E-state index contributed by atoms with van der Waals surface area (Å²) in [6.07, 6.45) is -0.877. The Kier molecular flexibility index (Phi) is 3.93. The summed E-state index contributed by atoms with van der Waals surface area (Å²) in [6, 6.07) is 1.64. The van der Waals surface area contributed by atoms with Crippen LogP contribution in [0, 0.1) is 11.6 Å². The van der Waals surface area contributed by atoms with Crippen LogP contribution in [0.5, 0.6) is 0 Å². The van der Waals surface area contributed by atoms with Gasteiger partial charge in [0.05, 0.1) is 10.7 Å². The van der Waals surface area contributed by atoms with Gasteiger partial charge >= 0.3 is 6.09 Å². The van der Waals surface area contributed by atoms with Crippen molar-refractivity contribution >= 4 is 23.4 Å². The van der Waals surface area contributed by atoms with E-state index >= 15 is 0 Å². The average Bonchev–Trinajstić information content (AvgIpc) is 2.10. The summed E-state index contributed by atoms with van der Waals surface area (Å²) < 4.78 is 31.3. The zero-order valence-corrected chi connectivity index (χ0v) is 10.4. The molecule has 0 aromatic heterocycles. The number of benzene rings is 1. The van der Waals surface area contributed by atoms with Gasteiger partial charge in [0.2, 0.25) is 0 Å². The highest BCUT2D eigenvalue weighted by atomic mass is 35.5. The SMILES string of the molecule is CC(C)(C)OC(=O)Nc1cc(F)cc(Cl)c1F. The molecule has 1 N–H and O–H groups in total. The van der Waals surface area contributed by atoms with Gasteiger partial charge in [0.25, 0.3) is 0 Å². The van der Waals surface area contributed by atoms with Crippen molar-refractivity contribution in [3.05, 3.63) is 28.8 Å². The lowest BCUT2D eigenvalue weighted by Crippen LogP contribution is -2.27. The zero-order chi connectivity index (χ0) is 13.2. The molecule has 3 nitrogen and oxygen atoms in total. The van der Waals surface area contributed by atoms with E-state index < -0.39 is 28.4 Å². The number of rotatable bonds is 1. The van der Waals surface area contributed by atoms with Crippen molar-refractivity contribution in [2.24, 2.45) is 0 Å². The number of carbonyl (C=O) groups excluding carboxylic acids is 1. The third-order valence-corrected chi connectivity index (χ3v) is 1.90. The Labute approximate surface area is 103 Å². The van der Waals surface area contributed by atoms with E-state index in [2.05, 4.69) is 5.32 Å². The number of hydrogen-bond acceptors (Lipinski definition) is 2. The minimum absolute atomic E-state index is 0.357. The van der Waals surface area contributed by atoms with E-state index in [1.807, 2.05) is 0 Å². The molecule has 0 aliphatic carbocycles. The van der Waals surface area contributed by atoms with Gasteiger partial charge in [-0.3, -0.25) is 5.32 Å². The van der Waals surface area contributed by atoms with E-state index in [9.17, 15) is 13.6 Å². The molecule has 1 aromatic carbocycles. The Morgan fingerprint density at radius 3 is 2.47 bits per heavy atom. The highest BCUT2D eigenvalue weighted by Crippen LogP contribution is 2.24. The van der Waals surface area contributed by atoms with Gasteiger partial charge in [-0.15, -0.1) is 0 Å². The minimum Gasteiger partial charge on any atom is -0.444 e. The quantitative estimate of drug-likeness (QED) is 0.779. The van der Waals surface area contributed by atoms with Crippen molar-refractivity contribution in [1.82, 2.24) is 0 Å². The molecular weight excluding hydrogens is 252 g/mol. The molecule has 0 fully saturated rings. The number of amides is 1. The van der Waals surface area contributed by atoms with Crippen LogP contribution in [0.1, 0.15) is 20.8 Å². The van der Waals surface area contributed by atoms with E-state index in [1.54, 1.807) is 20.8 Å². The smallest absolute Gasteiger partial charge is 0.412 e. The topological polar surface area (TPSA) is 38.3 Å². The van der Waals surface area contributed by atoms with E-state index in [0.29, 0.717) is 0 Å². The molecule has 1 amide bonds. The summed E-state index contributed by atoms with van der Waals surface area (Å²) >= 11 is 5.43. The fourth-order valence-electron chi connectivity index (χ4n) is 1.06. The van der Waals surface area contributed by atoms with Crippen LogP contribution in [-0.4, -0.2) is 11.7 Å². The van der Waals surface area contributed by atoms with E-state index in [0.717, 1.165) is 12.1 Å². The Hall–Kier alpha value is -1.36. The maximum Gasteiger partial charge on any atom is 0.412 e. The number of halogens is 3. The van der Waals surface area contributed by atoms with E-state index in [1.165, 1.54) is 0 Å². The second kappa shape index (κ2) is 4.87. The van der Waals surface area contributed by atoms with Crippen molar-refractivity contribution in [3.63, 3.8) is 0 Å². The largest absolute Gasteiger partial charge is 0.444 e. The Balaban J connectivity index is 2.85. The summed E-state index contributed by atoms with van der Waals surface area (Å²) in [5.41, 5.74) is -1.08. The number of anilines is 1. The molecule has 17 heavy (non-hydrogen) atoms. The molecule has 0 heterocycles. The number of carbonyl (C=O) groups is 1. The first kappa shape index (κ1) is 13.7. The molecule has 0 aliphatic rings. The summed E-state index contributed by atoms with van der Waals surface area (Å²) in [6.45, 7) is 4.96. The zero-order valence-electron chi connectivity index (χ0n) is 9.61. The van der Waals surface area contributed by atoms with Crippen LogP contribution in [0.3, 0.4) is 0 Å². The fourth-order valence-corrected chi connectivity index (χ4v) is 1.27. The van der Waals surface area contributed by atoms with Gasteiger partial charge in [0.15, 0.2) is 5.82 Å². The van der Waals surface area contributed by atoms with Crippen LogP contribution < -0.4 is 5.32 Å².